The van der Waals surface area contributed by atoms with Gasteiger partial charge < -0.3 is 14.4 Å². The third-order valence-electron chi connectivity index (χ3n) is 3.94. The zero-order valence-corrected chi connectivity index (χ0v) is 16.1. The molecule has 1 N–H and O–H groups in total. The van der Waals surface area contributed by atoms with Crippen molar-refractivity contribution in [2.24, 2.45) is 0 Å². The fourth-order valence-corrected chi connectivity index (χ4v) is 3.70. The number of carbonyl (C=O) groups is 4. The van der Waals surface area contributed by atoms with Crippen molar-refractivity contribution in [3.8, 4) is 0 Å². The van der Waals surface area contributed by atoms with Gasteiger partial charge in [0.15, 0.2) is 0 Å². The van der Waals surface area contributed by atoms with Crippen molar-refractivity contribution in [2.45, 2.75) is 26.5 Å². The van der Waals surface area contributed by atoms with Gasteiger partial charge in [0.25, 0.3) is 11.1 Å². The number of imide groups is 1. The first-order valence-electron chi connectivity index (χ1n) is 8.50. The molecule has 0 radical (unpaired) electrons. The monoisotopic (exact) mass is 402 g/mol. The zero-order valence-electron chi connectivity index (χ0n) is 15.2. The Bertz CT molecular complexity index is 1010. The molecule has 9 heteroatoms. The molecule has 0 bridgehead atoms. The molecule has 1 aromatic carbocycles. The van der Waals surface area contributed by atoms with Crippen LogP contribution in [0.5, 0.6) is 0 Å². The Kier molecular flexibility index (Phi) is 5.55. The average molecular weight is 402 g/mol. The van der Waals surface area contributed by atoms with Crippen molar-refractivity contribution in [1.82, 2.24) is 9.47 Å². The number of fused-ring (bicyclic) bond motifs is 1. The van der Waals surface area contributed by atoms with Crippen LogP contribution in [0.1, 0.15) is 19.4 Å². The van der Waals surface area contributed by atoms with E-state index in [1.807, 2.05) is 6.07 Å². The first-order chi connectivity index (χ1) is 13.3. The number of para-hydroxylation sites is 1. The lowest BCUT2D eigenvalue weighted by Crippen LogP contribution is -2.35. The Labute approximate surface area is 164 Å². The second kappa shape index (κ2) is 7.89. The molecule has 1 fully saturated rings. The normalized spacial score (nSPS) is 15.8. The summed E-state index contributed by atoms with van der Waals surface area (Å²) in [5.74, 6) is -2.22. The number of nitrogens with zero attached hydrogens (tertiary/aromatic N) is 2. The smallest absolute Gasteiger partial charge is 0.326 e. The number of thioether (sulfide) groups is 1. The van der Waals surface area contributed by atoms with Gasteiger partial charge in [-0.3, -0.25) is 24.1 Å². The van der Waals surface area contributed by atoms with E-state index in [9.17, 15) is 19.2 Å². The molecule has 1 saturated heterocycles. The Hall–Kier alpha value is -3.07. The number of carbonyl (C=O) groups excluding carboxylic acids is 3. The van der Waals surface area contributed by atoms with Crippen molar-refractivity contribution >= 4 is 51.8 Å². The highest BCUT2D eigenvalue weighted by Crippen LogP contribution is 2.34. The summed E-state index contributed by atoms with van der Waals surface area (Å²) < 4.78 is 6.55. The summed E-state index contributed by atoms with van der Waals surface area (Å²) in [6.45, 7) is 2.69. The highest BCUT2D eigenvalue weighted by Gasteiger charge is 2.37. The van der Waals surface area contributed by atoms with Crippen LogP contribution in [0.15, 0.2) is 35.4 Å². The number of esters is 1. The number of aliphatic carboxylic acids is 1. The number of carboxylic acids is 1. The van der Waals surface area contributed by atoms with Gasteiger partial charge in [0.2, 0.25) is 0 Å². The summed E-state index contributed by atoms with van der Waals surface area (Å²) in [5, 5.41) is 9.30. The molecular formula is C19H18N2O6S. The molecule has 28 heavy (non-hydrogen) atoms. The highest BCUT2D eigenvalue weighted by atomic mass is 32.2. The number of hydrogen-bond donors (Lipinski definition) is 1. The lowest BCUT2D eigenvalue weighted by atomic mass is 10.1. The highest BCUT2D eigenvalue weighted by molar-refractivity contribution is 8.18. The molecule has 1 aliphatic rings. The molecule has 2 heterocycles. The van der Waals surface area contributed by atoms with Gasteiger partial charge in [0, 0.05) is 22.7 Å². The van der Waals surface area contributed by atoms with Crippen LogP contribution >= 0.6 is 11.8 Å². The minimum Gasteiger partial charge on any atom is -0.480 e. The van der Waals surface area contributed by atoms with Crippen molar-refractivity contribution < 1.29 is 29.0 Å². The molecule has 1 aliphatic heterocycles. The van der Waals surface area contributed by atoms with Crippen LogP contribution in [-0.2, 0) is 25.7 Å². The van der Waals surface area contributed by atoms with Crippen LogP contribution in [0.25, 0.3) is 17.0 Å². The van der Waals surface area contributed by atoms with Crippen LogP contribution in [-0.4, -0.2) is 50.3 Å². The topological polar surface area (TPSA) is 106 Å². The maximum Gasteiger partial charge on any atom is 0.326 e. The van der Waals surface area contributed by atoms with Crippen LogP contribution in [0.3, 0.4) is 0 Å². The molecule has 0 saturated carbocycles. The standard InChI is InChI=1S/C19H18N2O6S/c1-11(2)27-17(24)10-21-18(25)15(28-19(21)26)7-12-8-20(9-16(22)23)14-6-4-3-5-13(12)14/h3-8,11H,9-10H2,1-2H3,(H,22,23)/b15-7+. The van der Waals surface area contributed by atoms with E-state index in [2.05, 4.69) is 0 Å². The van der Waals surface area contributed by atoms with Crippen LogP contribution in [0.2, 0.25) is 0 Å². The number of amides is 2. The van der Waals surface area contributed by atoms with Gasteiger partial charge in [0.1, 0.15) is 13.1 Å². The van der Waals surface area contributed by atoms with Crippen LogP contribution in [0.4, 0.5) is 4.79 Å². The van der Waals surface area contributed by atoms with Gasteiger partial charge in [0.05, 0.1) is 11.0 Å². The zero-order chi connectivity index (χ0) is 20.4. The maximum absolute atomic E-state index is 12.6. The molecule has 3 rings (SSSR count). The molecule has 0 spiro atoms. The largest absolute Gasteiger partial charge is 0.480 e. The van der Waals surface area contributed by atoms with E-state index in [-0.39, 0.29) is 17.6 Å². The van der Waals surface area contributed by atoms with Gasteiger partial charge >= 0.3 is 11.9 Å². The Balaban J connectivity index is 1.90. The fourth-order valence-electron chi connectivity index (χ4n) is 2.87. The van der Waals surface area contributed by atoms with Crippen molar-refractivity contribution in [1.29, 1.82) is 0 Å². The first kappa shape index (κ1) is 19.7. The number of ether oxygens (including phenoxy) is 1. The van der Waals surface area contributed by atoms with Gasteiger partial charge in [-0.25, -0.2) is 0 Å². The molecule has 0 unspecified atom stereocenters. The second-order valence-corrected chi connectivity index (χ2v) is 7.42. The summed E-state index contributed by atoms with van der Waals surface area (Å²) in [6.07, 6.45) is 2.82. The predicted molar refractivity (Wildman–Crippen MR) is 103 cm³/mol. The van der Waals surface area contributed by atoms with E-state index >= 15 is 0 Å². The molecule has 1 aromatic heterocycles. The molecule has 0 aliphatic carbocycles. The molecule has 146 valence electrons. The molecule has 2 amide bonds. The van der Waals surface area contributed by atoms with Gasteiger partial charge in [-0.2, -0.15) is 0 Å². The number of aromatic nitrogens is 1. The Morgan fingerprint density at radius 3 is 2.61 bits per heavy atom. The van der Waals surface area contributed by atoms with E-state index in [0.717, 1.165) is 22.0 Å². The third kappa shape index (κ3) is 4.09. The van der Waals surface area contributed by atoms with E-state index in [1.54, 1.807) is 48.9 Å². The molecule has 2 aromatic rings. The third-order valence-corrected chi connectivity index (χ3v) is 4.85. The molecular weight excluding hydrogens is 384 g/mol. The lowest BCUT2D eigenvalue weighted by molar-refractivity contribution is -0.149. The average Bonchev–Trinajstić information content (AvgIpc) is 3.07. The van der Waals surface area contributed by atoms with E-state index in [0.29, 0.717) is 11.1 Å². The molecule has 8 nitrogen and oxygen atoms in total. The summed E-state index contributed by atoms with van der Waals surface area (Å²) in [7, 11) is 0. The van der Waals surface area contributed by atoms with Crippen molar-refractivity contribution in [3.63, 3.8) is 0 Å². The number of hydrogen-bond acceptors (Lipinski definition) is 6. The summed E-state index contributed by atoms with van der Waals surface area (Å²) in [5.41, 5.74) is 1.32. The predicted octanol–water partition coefficient (Wildman–Crippen LogP) is 2.71. The maximum atomic E-state index is 12.6. The van der Waals surface area contributed by atoms with E-state index < -0.39 is 29.6 Å². The first-order valence-corrected chi connectivity index (χ1v) is 9.32. The quantitative estimate of drug-likeness (QED) is 0.585. The van der Waals surface area contributed by atoms with Crippen molar-refractivity contribution in [3.05, 3.63) is 40.9 Å². The van der Waals surface area contributed by atoms with Crippen LogP contribution < -0.4 is 0 Å². The number of benzene rings is 1. The lowest BCUT2D eigenvalue weighted by Gasteiger charge is -2.13. The number of rotatable bonds is 6. The summed E-state index contributed by atoms with van der Waals surface area (Å²) in [4.78, 5) is 48.6. The second-order valence-electron chi connectivity index (χ2n) is 6.43. The molecule has 0 atom stereocenters. The van der Waals surface area contributed by atoms with Gasteiger partial charge in [-0.15, -0.1) is 0 Å². The minimum absolute atomic E-state index is 0.167. The van der Waals surface area contributed by atoms with Gasteiger partial charge in [-0.1, -0.05) is 18.2 Å². The van der Waals surface area contributed by atoms with Crippen molar-refractivity contribution in [2.75, 3.05) is 6.54 Å². The van der Waals surface area contributed by atoms with E-state index in [4.69, 9.17) is 9.84 Å². The fraction of sp³-hybridized carbons (Fsp3) is 0.263. The Morgan fingerprint density at radius 2 is 1.93 bits per heavy atom. The Morgan fingerprint density at radius 1 is 1.21 bits per heavy atom. The number of carboxylic acid groups (broad SMARTS) is 1. The minimum atomic E-state index is -0.990. The SMILES string of the molecule is CC(C)OC(=O)CN1C(=O)S/C(=C/c2cn(CC(=O)O)c3ccccc23)C1=O. The summed E-state index contributed by atoms with van der Waals surface area (Å²) >= 11 is 0.734. The van der Waals surface area contributed by atoms with E-state index in [1.165, 1.54) is 0 Å². The summed E-state index contributed by atoms with van der Waals surface area (Å²) in [6, 6.07) is 7.18. The van der Waals surface area contributed by atoms with Crippen LogP contribution in [0, 0.1) is 0 Å². The van der Waals surface area contributed by atoms with Gasteiger partial charge in [-0.05, 0) is 37.8 Å².